The minimum Gasteiger partial charge on any atom is -0.288 e. The molecule has 5 rings (SSSR count). The Labute approximate surface area is 150 Å². The molecule has 0 bridgehead atoms. The number of ketones is 1. The fraction of sp³-hybridized carbons (Fsp3) is 0. The van der Waals surface area contributed by atoms with E-state index < -0.39 is 0 Å². The zero-order valence-electron chi connectivity index (χ0n) is 13.4. The molecule has 0 atom stereocenters. The van der Waals surface area contributed by atoms with Crippen LogP contribution in [0, 0.1) is 0 Å². The quantitative estimate of drug-likeness (QED) is 0.370. The monoisotopic (exact) mass is 338 g/mol. The largest absolute Gasteiger partial charge is 0.288 e. The van der Waals surface area contributed by atoms with Crippen molar-refractivity contribution in [2.75, 3.05) is 0 Å². The van der Waals surface area contributed by atoms with E-state index in [0.717, 1.165) is 43.2 Å². The first-order valence-corrected chi connectivity index (χ1v) is 9.07. The summed E-state index contributed by atoms with van der Waals surface area (Å²) in [7, 11) is 0. The molecule has 0 fully saturated rings. The van der Waals surface area contributed by atoms with Crippen LogP contribution >= 0.6 is 11.8 Å². The molecular formula is C23H14OS. The van der Waals surface area contributed by atoms with Crippen molar-refractivity contribution in [3.8, 4) is 0 Å². The molecule has 0 spiro atoms. The van der Waals surface area contributed by atoms with E-state index in [-0.39, 0.29) is 5.78 Å². The van der Waals surface area contributed by atoms with Gasteiger partial charge in [-0.05, 0) is 34.4 Å². The van der Waals surface area contributed by atoms with Crippen molar-refractivity contribution in [3.63, 3.8) is 0 Å². The second-order valence-corrected chi connectivity index (χ2v) is 7.19. The Morgan fingerprint density at radius 2 is 1.12 bits per heavy atom. The normalized spacial score (nSPS) is 14.8. The van der Waals surface area contributed by atoms with Crippen molar-refractivity contribution in [1.82, 2.24) is 0 Å². The van der Waals surface area contributed by atoms with Gasteiger partial charge in [0, 0.05) is 16.0 Å². The first kappa shape index (κ1) is 14.5. The second-order valence-electron chi connectivity index (χ2n) is 6.14. The molecule has 0 aromatic heterocycles. The number of carbonyl (C=O) groups is 1. The molecule has 2 heteroatoms. The minimum atomic E-state index is 0.127. The number of hydrogen-bond acceptors (Lipinski definition) is 2. The third-order valence-electron chi connectivity index (χ3n) is 4.68. The van der Waals surface area contributed by atoms with Crippen molar-refractivity contribution in [1.29, 1.82) is 0 Å². The molecule has 25 heavy (non-hydrogen) atoms. The van der Waals surface area contributed by atoms with Gasteiger partial charge in [-0.3, -0.25) is 4.79 Å². The van der Waals surface area contributed by atoms with Gasteiger partial charge >= 0.3 is 0 Å². The highest BCUT2D eigenvalue weighted by Crippen LogP contribution is 2.47. The molecule has 0 saturated heterocycles. The van der Waals surface area contributed by atoms with E-state index >= 15 is 0 Å². The van der Waals surface area contributed by atoms with Crippen molar-refractivity contribution in [2.24, 2.45) is 0 Å². The average molecular weight is 338 g/mol. The number of carbonyl (C=O) groups excluding carboxylic acids is 1. The topological polar surface area (TPSA) is 17.1 Å². The molecule has 0 saturated carbocycles. The van der Waals surface area contributed by atoms with Crippen LogP contribution in [0.15, 0.2) is 82.6 Å². The Kier molecular flexibility index (Phi) is 3.25. The van der Waals surface area contributed by atoms with Crippen molar-refractivity contribution in [3.05, 3.63) is 106 Å². The van der Waals surface area contributed by atoms with Crippen LogP contribution in [0.1, 0.15) is 32.6 Å². The Balaban J connectivity index is 1.85. The summed E-state index contributed by atoms with van der Waals surface area (Å²) < 4.78 is 0. The summed E-state index contributed by atoms with van der Waals surface area (Å²) in [4.78, 5) is 15.0. The molecular weight excluding hydrogens is 324 g/mol. The van der Waals surface area contributed by atoms with E-state index in [4.69, 9.17) is 0 Å². The number of hydrogen-bond donors (Lipinski definition) is 0. The first-order valence-electron chi connectivity index (χ1n) is 8.26. The Morgan fingerprint density at radius 3 is 1.72 bits per heavy atom. The van der Waals surface area contributed by atoms with Gasteiger partial charge < -0.3 is 0 Å². The molecule has 118 valence electrons. The van der Waals surface area contributed by atoms with E-state index in [1.807, 2.05) is 48.5 Å². The molecule has 3 aromatic rings. The molecule has 0 radical (unpaired) electrons. The third kappa shape index (κ3) is 2.22. The van der Waals surface area contributed by atoms with Gasteiger partial charge in [0.15, 0.2) is 0 Å². The number of rotatable bonds is 0. The summed E-state index contributed by atoms with van der Waals surface area (Å²) in [6.45, 7) is 0. The number of fused-ring (bicyclic) bond motifs is 3. The molecule has 2 aliphatic rings. The standard InChI is InChI=1S/C23H14OS/c24-22-19-11-5-6-12-20(19)25-23(22)21-17-9-3-1-7-15(17)13-14-16-8-2-4-10-18(16)21/h1-14H. The predicted molar refractivity (Wildman–Crippen MR) is 104 cm³/mol. The number of benzene rings is 3. The van der Waals surface area contributed by atoms with Crippen LogP contribution in [0.4, 0.5) is 0 Å². The van der Waals surface area contributed by atoms with Gasteiger partial charge in [-0.15, -0.1) is 0 Å². The van der Waals surface area contributed by atoms with Crippen molar-refractivity contribution >= 4 is 35.3 Å². The van der Waals surface area contributed by atoms with Gasteiger partial charge in [0.1, 0.15) is 0 Å². The molecule has 1 nitrogen and oxygen atoms in total. The smallest absolute Gasteiger partial charge is 0.201 e. The minimum absolute atomic E-state index is 0.127. The van der Waals surface area contributed by atoms with E-state index in [1.165, 1.54) is 0 Å². The fourth-order valence-electron chi connectivity index (χ4n) is 3.50. The van der Waals surface area contributed by atoms with E-state index in [2.05, 4.69) is 36.4 Å². The average Bonchev–Trinajstić information content (AvgIpc) is 2.89. The van der Waals surface area contributed by atoms with Crippen molar-refractivity contribution in [2.45, 2.75) is 4.90 Å². The first-order chi connectivity index (χ1) is 12.3. The lowest BCUT2D eigenvalue weighted by Gasteiger charge is -2.14. The number of thioether (sulfide) groups is 1. The maximum absolute atomic E-state index is 13.1. The third-order valence-corrected chi connectivity index (χ3v) is 5.85. The number of Topliss-reactive ketones (excluding diaryl/α,β-unsaturated/α-hetero) is 1. The lowest BCUT2D eigenvalue weighted by atomic mass is 9.91. The zero-order chi connectivity index (χ0) is 16.8. The second kappa shape index (κ2) is 5.61. The maximum Gasteiger partial charge on any atom is 0.201 e. The van der Waals surface area contributed by atoms with Gasteiger partial charge in [0.2, 0.25) is 5.78 Å². The Hall–Kier alpha value is -2.84. The van der Waals surface area contributed by atoms with Crippen molar-refractivity contribution < 1.29 is 4.79 Å². The molecule has 1 heterocycles. The highest BCUT2D eigenvalue weighted by molar-refractivity contribution is 8.05. The summed E-state index contributed by atoms with van der Waals surface area (Å²) in [5, 5.41) is 0. The van der Waals surface area contributed by atoms with Crippen LogP contribution in [-0.4, -0.2) is 5.78 Å². The summed E-state index contributed by atoms with van der Waals surface area (Å²) in [5.74, 6) is 0.127. The maximum atomic E-state index is 13.1. The number of allylic oxidation sites excluding steroid dienone is 1. The fourth-order valence-corrected chi connectivity index (χ4v) is 4.66. The van der Waals surface area contributed by atoms with Gasteiger partial charge in [-0.25, -0.2) is 0 Å². The van der Waals surface area contributed by atoms with Gasteiger partial charge in [0.05, 0.1) is 4.91 Å². The van der Waals surface area contributed by atoms with Crippen LogP contribution in [0.25, 0.3) is 17.7 Å². The highest BCUT2D eigenvalue weighted by atomic mass is 32.2. The molecule has 3 aromatic carbocycles. The zero-order valence-corrected chi connectivity index (χ0v) is 14.2. The molecule has 0 N–H and O–H groups in total. The van der Waals surface area contributed by atoms with Crippen LogP contribution < -0.4 is 0 Å². The summed E-state index contributed by atoms with van der Waals surface area (Å²) in [5.41, 5.74) is 6.38. The van der Waals surface area contributed by atoms with E-state index in [9.17, 15) is 4.79 Å². The highest BCUT2D eigenvalue weighted by Gasteiger charge is 2.31. The predicted octanol–water partition coefficient (Wildman–Crippen LogP) is 5.92. The summed E-state index contributed by atoms with van der Waals surface area (Å²) in [6, 6.07) is 24.5. The van der Waals surface area contributed by atoms with Gasteiger partial charge in [-0.2, -0.15) is 0 Å². The Morgan fingerprint density at radius 1 is 0.600 bits per heavy atom. The molecule has 1 aliphatic heterocycles. The van der Waals surface area contributed by atoms with E-state index in [0.29, 0.717) is 0 Å². The Bertz CT molecular complexity index is 1040. The van der Waals surface area contributed by atoms with Crippen LogP contribution in [0.5, 0.6) is 0 Å². The van der Waals surface area contributed by atoms with Gasteiger partial charge in [-0.1, -0.05) is 84.6 Å². The summed E-state index contributed by atoms with van der Waals surface area (Å²) >= 11 is 1.59. The van der Waals surface area contributed by atoms with Crippen LogP contribution in [-0.2, 0) is 0 Å². The van der Waals surface area contributed by atoms with Crippen LogP contribution in [0.2, 0.25) is 0 Å². The lowest BCUT2D eigenvalue weighted by molar-refractivity contribution is 0.104. The van der Waals surface area contributed by atoms with Crippen LogP contribution in [0.3, 0.4) is 0 Å². The SMILES string of the molecule is O=C1C(=C2c3ccccc3C=Cc3ccccc32)Sc2ccccc21. The molecule has 1 aliphatic carbocycles. The van der Waals surface area contributed by atoms with E-state index in [1.54, 1.807) is 11.8 Å². The van der Waals surface area contributed by atoms with Gasteiger partial charge in [0.25, 0.3) is 0 Å². The molecule has 0 amide bonds. The lowest BCUT2D eigenvalue weighted by Crippen LogP contribution is -2.01. The molecule has 0 unspecified atom stereocenters. The summed E-state index contributed by atoms with van der Waals surface area (Å²) in [6.07, 6.45) is 4.28.